The Hall–Kier alpha value is -1.06. The highest BCUT2D eigenvalue weighted by molar-refractivity contribution is 5.27. The molecule has 0 spiro atoms. The van der Waals surface area contributed by atoms with Gasteiger partial charge in [0.2, 0.25) is 0 Å². The lowest BCUT2D eigenvalue weighted by Gasteiger charge is -2.37. The molecule has 0 amide bonds. The van der Waals surface area contributed by atoms with Crippen LogP contribution in [0.15, 0.2) is 24.3 Å². The highest BCUT2D eigenvalue weighted by atomic mass is 16.5. The summed E-state index contributed by atoms with van der Waals surface area (Å²) in [4.78, 5) is 2.65. The molecule has 2 rings (SSSR count). The van der Waals surface area contributed by atoms with Crippen LogP contribution in [0.25, 0.3) is 0 Å². The molecule has 0 aliphatic heterocycles. The number of nitrogens with zero attached hydrogens (tertiary/aromatic N) is 1. The van der Waals surface area contributed by atoms with Crippen molar-refractivity contribution in [2.45, 2.75) is 58.2 Å². The van der Waals surface area contributed by atoms with Gasteiger partial charge in [-0.3, -0.25) is 4.90 Å². The van der Waals surface area contributed by atoms with Gasteiger partial charge in [0.15, 0.2) is 0 Å². The monoisotopic (exact) mass is 290 g/mol. The van der Waals surface area contributed by atoms with E-state index in [1.807, 2.05) is 0 Å². The second-order valence-electron chi connectivity index (χ2n) is 6.74. The van der Waals surface area contributed by atoms with Gasteiger partial charge in [0.25, 0.3) is 0 Å². The van der Waals surface area contributed by atoms with E-state index in [0.29, 0.717) is 18.0 Å². The highest BCUT2D eigenvalue weighted by Crippen LogP contribution is 2.25. The van der Waals surface area contributed by atoms with Crippen LogP contribution in [0.4, 0.5) is 0 Å². The summed E-state index contributed by atoms with van der Waals surface area (Å²) in [7, 11) is 1.71. The smallest absolute Gasteiger partial charge is 0.118 e. The van der Waals surface area contributed by atoms with Crippen LogP contribution in [-0.2, 0) is 6.54 Å². The average Bonchev–Trinajstić information content (AvgIpc) is 2.48. The second-order valence-corrected chi connectivity index (χ2v) is 6.74. The maximum atomic E-state index is 6.05. The lowest BCUT2D eigenvalue weighted by Crippen LogP contribution is -2.42. The molecule has 3 nitrogen and oxygen atoms in total. The Morgan fingerprint density at radius 3 is 2.29 bits per heavy atom. The molecule has 0 radical (unpaired) electrons. The van der Waals surface area contributed by atoms with E-state index in [1.165, 1.54) is 31.2 Å². The summed E-state index contributed by atoms with van der Waals surface area (Å²) < 4.78 is 5.24. The molecule has 21 heavy (non-hydrogen) atoms. The zero-order valence-corrected chi connectivity index (χ0v) is 13.7. The molecule has 1 aromatic carbocycles. The van der Waals surface area contributed by atoms with Gasteiger partial charge in [-0.25, -0.2) is 0 Å². The van der Waals surface area contributed by atoms with Gasteiger partial charge < -0.3 is 10.5 Å². The van der Waals surface area contributed by atoms with Gasteiger partial charge in [-0.2, -0.15) is 0 Å². The Kier molecular flexibility index (Phi) is 6.07. The molecule has 0 atom stereocenters. The zero-order valence-electron chi connectivity index (χ0n) is 13.7. The first-order valence-electron chi connectivity index (χ1n) is 8.21. The summed E-state index contributed by atoms with van der Waals surface area (Å²) in [5, 5.41) is 0. The summed E-state index contributed by atoms with van der Waals surface area (Å²) in [6, 6.07) is 9.58. The van der Waals surface area contributed by atoms with Crippen molar-refractivity contribution in [1.82, 2.24) is 4.90 Å². The van der Waals surface area contributed by atoms with Crippen molar-refractivity contribution in [1.29, 1.82) is 0 Å². The van der Waals surface area contributed by atoms with Crippen LogP contribution >= 0.6 is 0 Å². The van der Waals surface area contributed by atoms with Crippen LogP contribution in [0.2, 0.25) is 0 Å². The molecule has 3 heteroatoms. The predicted octanol–water partition coefficient (Wildman–Crippen LogP) is 3.42. The molecule has 1 aliphatic rings. The summed E-state index contributed by atoms with van der Waals surface area (Å²) in [6.07, 6.45) is 4.82. The molecule has 0 heterocycles. The fourth-order valence-corrected chi connectivity index (χ4v) is 3.24. The van der Waals surface area contributed by atoms with Crippen molar-refractivity contribution in [3.05, 3.63) is 29.8 Å². The molecular formula is C18H30N2O. The third-order valence-electron chi connectivity index (χ3n) is 4.40. The molecule has 1 fully saturated rings. The predicted molar refractivity (Wildman–Crippen MR) is 88.5 cm³/mol. The van der Waals surface area contributed by atoms with Crippen LogP contribution in [-0.4, -0.2) is 30.6 Å². The van der Waals surface area contributed by atoms with Crippen molar-refractivity contribution in [3.8, 4) is 5.75 Å². The zero-order chi connectivity index (χ0) is 15.2. The molecular weight excluding hydrogens is 260 g/mol. The summed E-state index contributed by atoms with van der Waals surface area (Å²) in [5.74, 6) is 1.62. The van der Waals surface area contributed by atoms with Gasteiger partial charge in [-0.15, -0.1) is 0 Å². The second kappa shape index (κ2) is 7.81. The van der Waals surface area contributed by atoms with E-state index in [1.54, 1.807) is 7.11 Å². The minimum absolute atomic E-state index is 0.420. The van der Waals surface area contributed by atoms with Gasteiger partial charge in [0.1, 0.15) is 5.75 Å². The van der Waals surface area contributed by atoms with Crippen molar-refractivity contribution in [2.24, 2.45) is 11.7 Å². The maximum absolute atomic E-state index is 6.05. The molecule has 1 aromatic rings. The molecule has 0 bridgehead atoms. The van der Waals surface area contributed by atoms with E-state index in [4.69, 9.17) is 10.5 Å². The third-order valence-corrected chi connectivity index (χ3v) is 4.40. The van der Waals surface area contributed by atoms with Crippen LogP contribution in [0.1, 0.15) is 45.1 Å². The lowest BCUT2D eigenvalue weighted by atomic mass is 9.90. The standard InChI is InChI=1S/C18H30N2O/c1-14(2)12-20(17-8-6-16(19)7-9-17)13-15-4-10-18(21-3)11-5-15/h4-5,10-11,14,16-17H,6-9,12-13,19H2,1-3H3. The number of nitrogens with two attached hydrogens (primary N) is 1. The molecule has 0 saturated heterocycles. The van der Waals surface area contributed by atoms with E-state index < -0.39 is 0 Å². The van der Waals surface area contributed by atoms with Crippen LogP contribution in [0.5, 0.6) is 5.75 Å². The molecule has 2 N–H and O–H groups in total. The van der Waals surface area contributed by atoms with Crippen LogP contribution < -0.4 is 10.5 Å². The van der Waals surface area contributed by atoms with Crippen LogP contribution in [0, 0.1) is 5.92 Å². The first-order chi connectivity index (χ1) is 10.1. The van der Waals surface area contributed by atoms with E-state index in [0.717, 1.165) is 18.8 Å². The van der Waals surface area contributed by atoms with E-state index in [-0.39, 0.29) is 0 Å². The van der Waals surface area contributed by atoms with Gasteiger partial charge in [0.05, 0.1) is 7.11 Å². The Morgan fingerprint density at radius 2 is 1.76 bits per heavy atom. The van der Waals surface area contributed by atoms with Crippen LogP contribution in [0.3, 0.4) is 0 Å². The number of methoxy groups -OCH3 is 1. The number of ether oxygens (including phenoxy) is 1. The number of hydrogen-bond donors (Lipinski definition) is 1. The summed E-state index contributed by atoms with van der Waals surface area (Å²) in [6.45, 7) is 6.79. The molecule has 118 valence electrons. The van der Waals surface area contributed by atoms with Gasteiger partial charge in [0, 0.05) is 25.2 Å². The third kappa shape index (κ3) is 5.01. The Labute approximate surface area is 129 Å². The number of rotatable bonds is 6. The average molecular weight is 290 g/mol. The molecule has 0 unspecified atom stereocenters. The van der Waals surface area contributed by atoms with Crippen molar-refractivity contribution < 1.29 is 4.74 Å². The maximum Gasteiger partial charge on any atom is 0.118 e. The normalized spacial score (nSPS) is 22.8. The minimum Gasteiger partial charge on any atom is -0.497 e. The van der Waals surface area contributed by atoms with Crippen molar-refractivity contribution in [3.63, 3.8) is 0 Å². The Balaban J connectivity index is 2.01. The molecule has 1 aliphatic carbocycles. The quantitative estimate of drug-likeness (QED) is 0.872. The first kappa shape index (κ1) is 16.3. The first-order valence-corrected chi connectivity index (χ1v) is 8.21. The Morgan fingerprint density at radius 1 is 1.14 bits per heavy atom. The molecule has 0 aromatic heterocycles. The van der Waals surface area contributed by atoms with Gasteiger partial charge in [-0.1, -0.05) is 26.0 Å². The fourth-order valence-electron chi connectivity index (χ4n) is 3.24. The number of hydrogen-bond acceptors (Lipinski definition) is 3. The minimum atomic E-state index is 0.420. The topological polar surface area (TPSA) is 38.5 Å². The summed E-state index contributed by atoms with van der Waals surface area (Å²) >= 11 is 0. The van der Waals surface area contributed by atoms with Gasteiger partial charge >= 0.3 is 0 Å². The molecule has 1 saturated carbocycles. The highest BCUT2D eigenvalue weighted by Gasteiger charge is 2.24. The van der Waals surface area contributed by atoms with E-state index in [9.17, 15) is 0 Å². The number of benzene rings is 1. The largest absolute Gasteiger partial charge is 0.497 e. The van der Waals surface area contributed by atoms with E-state index in [2.05, 4.69) is 43.0 Å². The fraction of sp³-hybridized carbons (Fsp3) is 0.667. The lowest BCUT2D eigenvalue weighted by molar-refractivity contribution is 0.127. The van der Waals surface area contributed by atoms with Gasteiger partial charge in [-0.05, 0) is 49.3 Å². The summed E-state index contributed by atoms with van der Waals surface area (Å²) in [5.41, 5.74) is 7.42. The van der Waals surface area contributed by atoms with Crippen molar-refractivity contribution in [2.75, 3.05) is 13.7 Å². The Bertz CT molecular complexity index is 408. The van der Waals surface area contributed by atoms with E-state index >= 15 is 0 Å². The SMILES string of the molecule is COc1ccc(CN(CC(C)C)C2CCC(N)CC2)cc1. The van der Waals surface area contributed by atoms with Crippen molar-refractivity contribution >= 4 is 0 Å².